The van der Waals surface area contributed by atoms with E-state index in [4.69, 9.17) is 14.2 Å². The molecule has 1 N–H and O–H groups in total. The number of aryl methyl sites for hydroxylation is 2. The molecule has 230 valence electrons. The summed E-state index contributed by atoms with van der Waals surface area (Å²) < 4.78 is 17.3. The molecule has 10 nitrogen and oxygen atoms in total. The zero-order chi connectivity index (χ0) is 31.8. The van der Waals surface area contributed by atoms with E-state index >= 15 is 0 Å². The minimum Gasteiger partial charge on any atom is -0.503 e. The van der Waals surface area contributed by atoms with Gasteiger partial charge in [0.15, 0.2) is 21.6 Å². The van der Waals surface area contributed by atoms with Gasteiger partial charge in [0, 0.05) is 5.75 Å². The summed E-state index contributed by atoms with van der Waals surface area (Å²) in [5, 5.41) is 23.2. The fourth-order valence-electron chi connectivity index (χ4n) is 5.39. The fourth-order valence-corrected chi connectivity index (χ4v) is 8.13. The van der Waals surface area contributed by atoms with Crippen molar-refractivity contribution in [2.24, 2.45) is 0 Å². The molecule has 1 aliphatic rings. The second-order valence-corrected chi connectivity index (χ2v) is 13.4. The van der Waals surface area contributed by atoms with Gasteiger partial charge in [-0.1, -0.05) is 65.6 Å². The molecular weight excluding hydrogens is 633 g/mol. The highest BCUT2D eigenvalue weighted by Gasteiger charge is 2.47. The quantitative estimate of drug-likeness (QED) is 0.0965. The van der Waals surface area contributed by atoms with Crippen molar-refractivity contribution in [2.45, 2.75) is 30.0 Å². The third-order valence-electron chi connectivity index (χ3n) is 7.40. The Morgan fingerprint density at radius 1 is 0.978 bits per heavy atom. The van der Waals surface area contributed by atoms with E-state index in [2.05, 4.69) is 39.4 Å². The number of nitrogens with zero attached hydrogens (tertiary/aromatic N) is 4. The predicted molar refractivity (Wildman–Crippen MR) is 175 cm³/mol. The Kier molecular flexibility index (Phi) is 8.49. The Labute approximate surface area is 271 Å². The number of hydrogen-bond acceptors (Lipinski definition) is 12. The fraction of sp³-hybridized carbons (Fsp3) is 0.219. The van der Waals surface area contributed by atoms with Gasteiger partial charge in [0.2, 0.25) is 16.7 Å². The topological polar surface area (TPSA) is 124 Å². The lowest BCUT2D eigenvalue weighted by atomic mass is 9.94. The highest BCUT2D eigenvalue weighted by Crippen LogP contribution is 2.48. The first-order valence-corrected chi connectivity index (χ1v) is 16.4. The number of fused-ring (bicyclic) bond motifs is 1. The Morgan fingerprint density at radius 3 is 2.36 bits per heavy atom. The number of Topliss-reactive ketones (excluding diaryl/α,β-unsaturated/α-hetero) is 1. The zero-order valence-electron chi connectivity index (χ0n) is 25.0. The number of benzene rings is 3. The van der Waals surface area contributed by atoms with Gasteiger partial charge in [0.25, 0.3) is 5.91 Å². The number of methoxy groups -OCH3 is 3. The maximum atomic E-state index is 14.1. The lowest BCUT2D eigenvalue weighted by Gasteiger charge is -2.25. The van der Waals surface area contributed by atoms with Gasteiger partial charge in [0.05, 0.1) is 48.5 Å². The number of hydrogen-bond donors (Lipinski definition) is 1. The number of aromatic nitrogens is 3. The Balaban J connectivity index is 1.41. The normalized spacial score (nSPS) is 14.8. The maximum Gasteiger partial charge on any atom is 0.296 e. The van der Waals surface area contributed by atoms with Crippen molar-refractivity contribution in [3.63, 3.8) is 0 Å². The Morgan fingerprint density at radius 2 is 1.69 bits per heavy atom. The minimum atomic E-state index is -1.07. The number of anilines is 1. The highest BCUT2D eigenvalue weighted by molar-refractivity contribution is 8.00. The first-order valence-electron chi connectivity index (χ1n) is 13.7. The van der Waals surface area contributed by atoms with Gasteiger partial charge >= 0.3 is 0 Å². The van der Waals surface area contributed by atoms with Crippen LogP contribution in [0.4, 0.5) is 5.13 Å². The van der Waals surface area contributed by atoms with E-state index in [0.29, 0.717) is 48.5 Å². The van der Waals surface area contributed by atoms with E-state index in [1.54, 1.807) is 26.0 Å². The molecule has 1 unspecified atom stereocenters. The molecule has 2 aromatic heterocycles. The van der Waals surface area contributed by atoms with Gasteiger partial charge in [-0.3, -0.25) is 14.5 Å². The molecule has 0 fully saturated rings. The van der Waals surface area contributed by atoms with Crippen LogP contribution in [0.1, 0.15) is 37.5 Å². The van der Waals surface area contributed by atoms with Crippen molar-refractivity contribution in [1.29, 1.82) is 0 Å². The zero-order valence-corrected chi connectivity index (χ0v) is 27.4. The van der Waals surface area contributed by atoms with Gasteiger partial charge in [-0.25, -0.2) is 4.98 Å². The molecule has 1 aliphatic heterocycles. The largest absolute Gasteiger partial charge is 0.503 e. The number of rotatable bonds is 10. The second-order valence-electron chi connectivity index (χ2n) is 10.1. The van der Waals surface area contributed by atoms with E-state index in [-0.39, 0.29) is 10.7 Å². The lowest BCUT2D eigenvalue weighted by Crippen LogP contribution is -2.31. The summed E-state index contributed by atoms with van der Waals surface area (Å²) in [6.07, 6.45) is 0. The predicted octanol–water partition coefficient (Wildman–Crippen LogP) is 6.87. The molecule has 3 aromatic carbocycles. The third kappa shape index (κ3) is 5.51. The van der Waals surface area contributed by atoms with E-state index in [1.165, 1.54) is 60.7 Å². The monoisotopic (exact) mass is 660 g/mol. The van der Waals surface area contributed by atoms with Crippen LogP contribution in [0.3, 0.4) is 0 Å². The van der Waals surface area contributed by atoms with Crippen LogP contribution in [0, 0.1) is 13.8 Å². The van der Waals surface area contributed by atoms with Gasteiger partial charge in [0.1, 0.15) is 0 Å². The number of aliphatic hydroxyl groups is 1. The average Bonchev–Trinajstić information content (AvgIpc) is 3.73. The van der Waals surface area contributed by atoms with Crippen molar-refractivity contribution in [2.75, 3.05) is 26.2 Å². The van der Waals surface area contributed by atoms with Crippen LogP contribution < -0.4 is 19.1 Å². The number of amides is 1. The summed E-state index contributed by atoms with van der Waals surface area (Å²) in [6.45, 7) is 3.52. The molecule has 0 saturated carbocycles. The molecule has 0 bridgehead atoms. The summed E-state index contributed by atoms with van der Waals surface area (Å²) in [5.41, 5.74) is 2.01. The first-order chi connectivity index (χ1) is 21.7. The molecule has 1 amide bonds. The van der Waals surface area contributed by atoms with Gasteiger partial charge in [-0.05, 0) is 47.9 Å². The molecule has 45 heavy (non-hydrogen) atoms. The number of carbonyl (C=O) groups is 2. The summed E-state index contributed by atoms with van der Waals surface area (Å²) in [5.74, 6) is -0.297. The van der Waals surface area contributed by atoms with E-state index in [0.717, 1.165) is 16.3 Å². The number of thioether (sulfide) groups is 1. The number of thiazole rings is 1. The molecular formula is C32H28N4O6S3. The number of ether oxygens (including phenoxy) is 3. The molecule has 6 rings (SSSR count). The minimum absolute atomic E-state index is 0.0961. The second kappa shape index (κ2) is 12.5. The van der Waals surface area contributed by atoms with Gasteiger partial charge in [-0.15, -0.1) is 21.5 Å². The molecule has 3 heterocycles. The molecule has 0 aliphatic carbocycles. The van der Waals surface area contributed by atoms with Crippen LogP contribution >= 0.6 is 34.4 Å². The first kappa shape index (κ1) is 30.6. The van der Waals surface area contributed by atoms with Crippen LogP contribution in [0.15, 0.2) is 70.3 Å². The van der Waals surface area contributed by atoms with Crippen LogP contribution in [-0.2, 0) is 10.5 Å². The summed E-state index contributed by atoms with van der Waals surface area (Å²) in [7, 11) is 4.44. The van der Waals surface area contributed by atoms with Crippen LogP contribution in [0.2, 0.25) is 0 Å². The Bertz CT molecular complexity index is 1950. The maximum absolute atomic E-state index is 14.1. The van der Waals surface area contributed by atoms with Crippen molar-refractivity contribution in [3.8, 4) is 17.2 Å². The van der Waals surface area contributed by atoms with Crippen molar-refractivity contribution >= 4 is 62.0 Å². The standard InChI is InChI=1S/C32H28N4O6S3/c1-16-29(44-17(2)33-16)26(37)24-25(20-13-22(40-3)28(42-5)23(14-20)41-4)36(30(39)27(24)38)31-34-35-32(45-31)43-15-19-11-8-10-18-9-6-7-12-21(18)19/h6-14,25,38H,15H2,1-5H3. The smallest absolute Gasteiger partial charge is 0.296 e. The lowest BCUT2D eigenvalue weighted by molar-refractivity contribution is -0.117. The van der Waals surface area contributed by atoms with Crippen LogP contribution in [-0.4, -0.2) is 53.3 Å². The van der Waals surface area contributed by atoms with Crippen molar-refractivity contribution in [3.05, 3.63) is 92.6 Å². The van der Waals surface area contributed by atoms with Crippen LogP contribution in [0.25, 0.3) is 10.8 Å². The SMILES string of the molecule is COc1cc(C2C(C(=O)c3sc(C)nc3C)=C(O)C(=O)N2c2nnc(SCc3cccc4ccccc34)s2)cc(OC)c1OC. The van der Waals surface area contributed by atoms with Crippen molar-refractivity contribution < 1.29 is 28.9 Å². The summed E-state index contributed by atoms with van der Waals surface area (Å²) in [4.78, 5) is 33.9. The third-order valence-corrected chi connectivity index (χ3v) is 10.6. The summed E-state index contributed by atoms with van der Waals surface area (Å²) >= 11 is 3.90. The Hall–Kier alpha value is -4.46. The molecule has 0 spiro atoms. The molecule has 0 saturated heterocycles. The van der Waals surface area contributed by atoms with E-state index in [9.17, 15) is 14.7 Å². The number of aliphatic hydroxyl groups excluding tert-OH is 1. The average molecular weight is 661 g/mol. The molecule has 0 radical (unpaired) electrons. The molecule has 13 heteroatoms. The van der Waals surface area contributed by atoms with E-state index in [1.807, 2.05) is 18.2 Å². The van der Waals surface area contributed by atoms with E-state index < -0.39 is 23.5 Å². The number of ketones is 1. The van der Waals surface area contributed by atoms with Crippen molar-refractivity contribution in [1.82, 2.24) is 15.2 Å². The highest BCUT2D eigenvalue weighted by atomic mass is 32.2. The van der Waals surface area contributed by atoms with Gasteiger partial charge < -0.3 is 19.3 Å². The van der Waals surface area contributed by atoms with Gasteiger partial charge in [-0.2, -0.15) is 0 Å². The molecule has 5 aromatic rings. The number of carbonyl (C=O) groups excluding carboxylic acids is 2. The molecule has 1 atom stereocenters. The van der Waals surface area contributed by atoms with Crippen LogP contribution in [0.5, 0.6) is 17.2 Å². The summed E-state index contributed by atoms with van der Waals surface area (Å²) in [6, 6.07) is 16.6.